The van der Waals surface area contributed by atoms with Crippen molar-refractivity contribution >= 4 is 28.5 Å². The van der Waals surface area contributed by atoms with E-state index in [0.29, 0.717) is 29.7 Å². The second-order valence-corrected chi connectivity index (χ2v) is 7.61. The Morgan fingerprint density at radius 2 is 2.04 bits per heavy atom. The molecule has 2 aromatic carbocycles. The summed E-state index contributed by atoms with van der Waals surface area (Å²) in [5.41, 5.74) is 2.62. The van der Waals surface area contributed by atoms with Crippen molar-refractivity contribution in [1.82, 2.24) is 15.3 Å². The smallest absolute Gasteiger partial charge is 0.225 e. The molecule has 1 aliphatic heterocycles. The van der Waals surface area contributed by atoms with Gasteiger partial charge in [-0.1, -0.05) is 37.6 Å². The van der Waals surface area contributed by atoms with Crippen molar-refractivity contribution in [3.63, 3.8) is 0 Å². The number of ether oxygens (including phenoxy) is 2. The summed E-state index contributed by atoms with van der Waals surface area (Å²) in [5.74, 6) is 1.95. The van der Waals surface area contributed by atoms with Gasteiger partial charge in [-0.3, -0.25) is 4.79 Å². The minimum absolute atomic E-state index is 0.105. The topological polar surface area (TPSA) is 76.2 Å². The van der Waals surface area contributed by atoms with E-state index in [1.54, 1.807) is 6.07 Å². The summed E-state index contributed by atoms with van der Waals surface area (Å²) in [6.45, 7) is 5.05. The van der Waals surface area contributed by atoms with Gasteiger partial charge in [-0.2, -0.15) is 0 Å². The number of carbonyl (C=O) groups is 1. The number of imidazole rings is 1. The molecule has 1 aliphatic rings. The van der Waals surface area contributed by atoms with Gasteiger partial charge in [-0.15, -0.1) is 0 Å². The fraction of sp³-hybridized carbons (Fsp3) is 0.333. The Hall–Kier alpha value is -2.73. The predicted octanol–water partition coefficient (Wildman–Crippen LogP) is 4.04. The Morgan fingerprint density at radius 1 is 1.25 bits per heavy atom. The molecule has 0 saturated heterocycles. The molecular weight excluding hydrogens is 378 g/mol. The van der Waals surface area contributed by atoms with Gasteiger partial charge in [0.05, 0.1) is 28.5 Å². The third-order valence-electron chi connectivity index (χ3n) is 4.71. The average molecular weight is 400 g/mol. The fourth-order valence-electron chi connectivity index (χ4n) is 3.35. The van der Waals surface area contributed by atoms with Crippen LogP contribution in [0, 0.1) is 5.92 Å². The van der Waals surface area contributed by atoms with E-state index in [1.807, 2.05) is 30.3 Å². The number of H-pyrrole nitrogens is 1. The first kappa shape index (κ1) is 18.6. The van der Waals surface area contributed by atoms with Gasteiger partial charge in [-0.25, -0.2) is 4.98 Å². The second-order valence-electron chi connectivity index (χ2n) is 7.21. The molecule has 1 amide bonds. The fourth-order valence-corrected chi connectivity index (χ4v) is 3.63. The molecule has 28 heavy (non-hydrogen) atoms. The lowest BCUT2D eigenvalue weighted by atomic mass is 10.0. The van der Waals surface area contributed by atoms with Gasteiger partial charge >= 0.3 is 0 Å². The van der Waals surface area contributed by atoms with Crippen LogP contribution in [-0.2, 0) is 11.2 Å². The Balaban J connectivity index is 1.52. The minimum Gasteiger partial charge on any atom is -0.486 e. The highest BCUT2D eigenvalue weighted by molar-refractivity contribution is 6.32. The Kier molecular flexibility index (Phi) is 5.13. The van der Waals surface area contributed by atoms with Crippen molar-refractivity contribution in [1.29, 1.82) is 0 Å². The molecular formula is C21H22ClN3O3. The Labute approximate surface area is 168 Å². The van der Waals surface area contributed by atoms with Crippen molar-refractivity contribution in [2.75, 3.05) is 13.2 Å². The number of rotatable bonds is 5. The number of carbonyl (C=O) groups excluding carboxylic acids is 1. The van der Waals surface area contributed by atoms with Crippen LogP contribution in [0.3, 0.4) is 0 Å². The molecule has 0 spiro atoms. The summed E-state index contributed by atoms with van der Waals surface area (Å²) in [7, 11) is 0. The van der Waals surface area contributed by atoms with Crippen molar-refractivity contribution in [2.45, 2.75) is 26.3 Å². The summed E-state index contributed by atoms with van der Waals surface area (Å²) < 4.78 is 11.1. The molecule has 146 valence electrons. The van der Waals surface area contributed by atoms with E-state index in [0.717, 1.165) is 22.4 Å². The van der Waals surface area contributed by atoms with Gasteiger partial charge < -0.3 is 19.8 Å². The summed E-state index contributed by atoms with van der Waals surface area (Å²) >= 11 is 6.28. The SMILES string of the molecule is CC(C)[C@H](NC(=O)Cc1cc(Cl)c2c(c1)OCCO2)c1nc2ccccc2[nH]1. The van der Waals surface area contributed by atoms with Crippen LogP contribution in [0.25, 0.3) is 11.0 Å². The van der Waals surface area contributed by atoms with E-state index in [-0.39, 0.29) is 24.3 Å². The predicted molar refractivity (Wildman–Crippen MR) is 108 cm³/mol. The number of halogens is 1. The van der Waals surface area contributed by atoms with Crippen molar-refractivity contribution < 1.29 is 14.3 Å². The van der Waals surface area contributed by atoms with Crippen LogP contribution in [-0.4, -0.2) is 29.1 Å². The van der Waals surface area contributed by atoms with E-state index < -0.39 is 0 Å². The lowest BCUT2D eigenvalue weighted by molar-refractivity contribution is -0.121. The van der Waals surface area contributed by atoms with E-state index in [4.69, 9.17) is 21.1 Å². The van der Waals surface area contributed by atoms with Crippen LogP contribution in [0.2, 0.25) is 5.02 Å². The summed E-state index contributed by atoms with van der Waals surface area (Å²) in [4.78, 5) is 20.7. The first-order valence-corrected chi connectivity index (χ1v) is 9.71. The molecule has 0 bridgehead atoms. The summed E-state index contributed by atoms with van der Waals surface area (Å²) in [5, 5.41) is 3.55. The third-order valence-corrected chi connectivity index (χ3v) is 4.99. The van der Waals surface area contributed by atoms with E-state index in [2.05, 4.69) is 29.1 Å². The highest BCUT2D eigenvalue weighted by atomic mass is 35.5. The van der Waals surface area contributed by atoms with Gasteiger partial charge in [0, 0.05) is 0 Å². The zero-order valence-corrected chi connectivity index (χ0v) is 16.5. The number of nitrogens with zero attached hydrogens (tertiary/aromatic N) is 1. The molecule has 0 aliphatic carbocycles. The largest absolute Gasteiger partial charge is 0.486 e. The number of para-hydroxylation sites is 2. The molecule has 0 fully saturated rings. The van der Waals surface area contributed by atoms with Crippen molar-refractivity contribution in [3.8, 4) is 11.5 Å². The summed E-state index contributed by atoms with van der Waals surface area (Å²) in [6, 6.07) is 11.2. The van der Waals surface area contributed by atoms with Gasteiger partial charge in [0.1, 0.15) is 19.0 Å². The number of aromatic nitrogens is 2. The van der Waals surface area contributed by atoms with Gasteiger partial charge in [0.2, 0.25) is 5.91 Å². The number of fused-ring (bicyclic) bond motifs is 2. The molecule has 4 rings (SSSR count). The standard InChI is InChI=1S/C21H22ClN3O3/c1-12(2)19(21-23-15-5-3-4-6-16(15)24-21)25-18(26)11-13-9-14(22)20-17(10-13)27-7-8-28-20/h3-6,9-10,12,19H,7-8,11H2,1-2H3,(H,23,24)(H,25,26)/t19-/m0/s1. The zero-order chi connectivity index (χ0) is 19.7. The number of aromatic amines is 1. The Bertz CT molecular complexity index is 982. The molecule has 0 saturated carbocycles. The van der Waals surface area contributed by atoms with Crippen LogP contribution in [0.15, 0.2) is 36.4 Å². The number of nitrogens with one attached hydrogen (secondary N) is 2. The maximum Gasteiger partial charge on any atom is 0.225 e. The maximum atomic E-state index is 12.7. The van der Waals surface area contributed by atoms with E-state index in [1.165, 1.54) is 0 Å². The van der Waals surface area contributed by atoms with E-state index in [9.17, 15) is 4.79 Å². The van der Waals surface area contributed by atoms with Crippen LogP contribution >= 0.6 is 11.6 Å². The molecule has 2 N–H and O–H groups in total. The monoisotopic (exact) mass is 399 g/mol. The first-order valence-electron chi connectivity index (χ1n) is 9.33. The molecule has 7 heteroatoms. The third kappa shape index (κ3) is 3.78. The number of hydrogen-bond acceptors (Lipinski definition) is 4. The molecule has 1 atom stereocenters. The number of benzene rings is 2. The molecule has 6 nitrogen and oxygen atoms in total. The average Bonchev–Trinajstić information content (AvgIpc) is 3.09. The van der Waals surface area contributed by atoms with Crippen LogP contribution in [0.1, 0.15) is 31.3 Å². The van der Waals surface area contributed by atoms with Crippen LogP contribution < -0.4 is 14.8 Å². The maximum absolute atomic E-state index is 12.7. The minimum atomic E-state index is -0.215. The zero-order valence-electron chi connectivity index (χ0n) is 15.8. The first-order chi connectivity index (χ1) is 13.5. The highest BCUT2D eigenvalue weighted by Crippen LogP contribution is 2.38. The molecule has 0 unspecified atom stereocenters. The molecule has 1 aromatic heterocycles. The van der Waals surface area contributed by atoms with Gasteiger partial charge in [-0.05, 0) is 35.7 Å². The highest BCUT2D eigenvalue weighted by Gasteiger charge is 2.23. The van der Waals surface area contributed by atoms with Crippen LogP contribution in [0.5, 0.6) is 11.5 Å². The van der Waals surface area contributed by atoms with Gasteiger partial charge in [0.25, 0.3) is 0 Å². The normalized spacial score (nSPS) is 14.3. The molecule has 2 heterocycles. The Morgan fingerprint density at radius 3 is 2.82 bits per heavy atom. The van der Waals surface area contributed by atoms with E-state index >= 15 is 0 Å². The quantitative estimate of drug-likeness (QED) is 0.678. The van der Waals surface area contributed by atoms with Crippen LogP contribution in [0.4, 0.5) is 0 Å². The molecule has 3 aromatic rings. The number of amides is 1. The molecule has 0 radical (unpaired) electrons. The number of hydrogen-bond donors (Lipinski definition) is 2. The van der Waals surface area contributed by atoms with Gasteiger partial charge in [0.15, 0.2) is 11.5 Å². The summed E-state index contributed by atoms with van der Waals surface area (Å²) in [6.07, 6.45) is 0.194. The lowest BCUT2D eigenvalue weighted by Gasteiger charge is -2.22. The lowest BCUT2D eigenvalue weighted by Crippen LogP contribution is -2.33. The second kappa shape index (κ2) is 7.72. The van der Waals surface area contributed by atoms with Crippen molar-refractivity contribution in [2.24, 2.45) is 5.92 Å². The van der Waals surface area contributed by atoms with Crippen molar-refractivity contribution in [3.05, 3.63) is 52.8 Å².